The first-order chi connectivity index (χ1) is 7.62. The van der Waals surface area contributed by atoms with Gasteiger partial charge in [-0.1, -0.05) is 28.8 Å². The van der Waals surface area contributed by atoms with Gasteiger partial charge in [0.15, 0.2) is 0 Å². The maximum Gasteiger partial charge on any atom is 0.124 e. The second-order valence-electron chi connectivity index (χ2n) is 4.98. The zero-order valence-electron chi connectivity index (χ0n) is 8.92. The van der Waals surface area contributed by atoms with Gasteiger partial charge in [-0.2, -0.15) is 0 Å². The zero-order valence-corrected chi connectivity index (χ0v) is 10.5. The first-order valence-corrected chi connectivity index (χ1v) is 6.60. The van der Waals surface area contributed by atoms with Crippen molar-refractivity contribution in [2.45, 2.75) is 31.3 Å². The summed E-state index contributed by atoms with van der Waals surface area (Å²) in [6, 6.07) is 4.75. The fourth-order valence-electron chi connectivity index (χ4n) is 3.31. The maximum absolute atomic E-state index is 13.3. The molecule has 3 heteroatoms. The van der Waals surface area contributed by atoms with Crippen molar-refractivity contribution in [1.82, 2.24) is 0 Å². The summed E-state index contributed by atoms with van der Waals surface area (Å²) in [5, 5.41) is 10.6. The Balaban J connectivity index is 1.98. The van der Waals surface area contributed by atoms with E-state index in [0.717, 1.165) is 18.4 Å². The molecule has 1 nitrogen and oxygen atoms in total. The molecular formula is C13H14BrFO. The second-order valence-corrected chi connectivity index (χ2v) is 5.90. The molecule has 16 heavy (non-hydrogen) atoms. The van der Waals surface area contributed by atoms with Crippen molar-refractivity contribution in [3.8, 4) is 0 Å². The van der Waals surface area contributed by atoms with Crippen LogP contribution in [0.4, 0.5) is 4.39 Å². The number of rotatable bonds is 1. The lowest BCUT2D eigenvalue weighted by atomic mass is 10.0. The smallest absolute Gasteiger partial charge is 0.124 e. The molecule has 2 aliphatic carbocycles. The van der Waals surface area contributed by atoms with Gasteiger partial charge < -0.3 is 5.11 Å². The summed E-state index contributed by atoms with van der Waals surface area (Å²) in [7, 11) is 0. The topological polar surface area (TPSA) is 20.2 Å². The van der Waals surface area contributed by atoms with Gasteiger partial charge in [-0.25, -0.2) is 4.39 Å². The molecule has 0 aliphatic heterocycles. The highest BCUT2D eigenvalue weighted by atomic mass is 79.9. The quantitative estimate of drug-likeness (QED) is 0.836. The zero-order chi connectivity index (χ0) is 11.3. The molecule has 1 N–H and O–H groups in total. The minimum absolute atomic E-state index is 0.276. The van der Waals surface area contributed by atoms with E-state index in [-0.39, 0.29) is 5.82 Å². The molecule has 3 rings (SSSR count). The largest absolute Gasteiger partial charge is 0.385 e. The Bertz CT molecular complexity index is 400. The van der Waals surface area contributed by atoms with Gasteiger partial charge in [-0.05, 0) is 48.4 Å². The fourth-order valence-corrected chi connectivity index (χ4v) is 3.77. The molecule has 0 saturated heterocycles. The van der Waals surface area contributed by atoms with Crippen LogP contribution in [0, 0.1) is 17.7 Å². The molecule has 0 radical (unpaired) electrons. The van der Waals surface area contributed by atoms with E-state index in [4.69, 9.17) is 0 Å². The van der Waals surface area contributed by atoms with E-state index in [0.29, 0.717) is 16.3 Å². The summed E-state index contributed by atoms with van der Waals surface area (Å²) < 4.78 is 14.0. The Labute approximate surface area is 103 Å². The summed E-state index contributed by atoms with van der Waals surface area (Å²) in [6.45, 7) is 0. The van der Waals surface area contributed by atoms with Crippen LogP contribution in [-0.4, -0.2) is 5.11 Å². The normalized spacial score (nSPS) is 36.9. The van der Waals surface area contributed by atoms with Crippen LogP contribution in [0.1, 0.15) is 31.2 Å². The van der Waals surface area contributed by atoms with Crippen LogP contribution in [0.25, 0.3) is 0 Å². The number of hydrogen-bond donors (Lipinski definition) is 1. The Kier molecular flexibility index (Phi) is 2.37. The Morgan fingerprint density at radius 2 is 1.81 bits per heavy atom. The van der Waals surface area contributed by atoms with Gasteiger partial charge in [0.2, 0.25) is 0 Å². The van der Waals surface area contributed by atoms with Crippen molar-refractivity contribution >= 4 is 15.9 Å². The standard InChI is InChI=1S/C13H14BrFO/c14-9-5-8(6-10(15)7-9)13(16)11-3-1-2-4-12(11)13/h5-7,11-12,16H,1-4H2. The monoisotopic (exact) mass is 284 g/mol. The first-order valence-electron chi connectivity index (χ1n) is 5.81. The molecule has 0 spiro atoms. The lowest BCUT2D eigenvalue weighted by Gasteiger charge is -2.11. The molecule has 0 bridgehead atoms. The van der Waals surface area contributed by atoms with Crippen LogP contribution in [0.3, 0.4) is 0 Å². The molecule has 0 aromatic heterocycles. The fraction of sp³-hybridized carbons (Fsp3) is 0.538. The Morgan fingerprint density at radius 1 is 1.19 bits per heavy atom. The van der Waals surface area contributed by atoms with Gasteiger partial charge in [-0.15, -0.1) is 0 Å². The van der Waals surface area contributed by atoms with Gasteiger partial charge in [0.25, 0.3) is 0 Å². The van der Waals surface area contributed by atoms with E-state index >= 15 is 0 Å². The van der Waals surface area contributed by atoms with Gasteiger partial charge in [0.05, 0.1) is 5.60 Å². The average molecular weight is 285 g/mol. The van der Waals surface area contributed by atoms with Gasteiger partial charge in [-0.3, -0.25) is 0 Å². The van der Waals surface area contributed by atoms with Gasteiger partial charge >= 0.3 is 0 Å². The van der Waals surface area contributed by atoms with Crippen molar-refractivity contribution in [3.63, 3.8) is 0 Å². The van der Waals surface area contributed by atoms with E-state index in [1.54, 1.807) is 0 Å². The summed E-state index contributed by atoms with van der Waals surface area (Å²) in [5.74, 6) is 0.436. The summed E-state index contributed by atoms with van der Waals surface area (Å²) >= 11 is 3.28. The SMILES string of the molecule is OC1(c2cc(F)cc(Br)c2)C2CCCCC21. The number of halogens is 2. The molecule has 0 heterocycles. The predicted octanol–water partition coefficient (Wildman–Crippen LogP) is 3.60. The molecule has 0 amide bonds. The summed E-state index contributed by atoms with van der Waals surface area (Å²) in [4.78, 5) is 0. The summed E-state index contributed by atoms with van der Waals surface area (Å²) in [5.41, 5.74) is -0.00234. The molecule has 2 fully saturated rings. The van der Waals surface area contributed by atoms with Crippen LogP contribution in [0.15, 0.2) is 22.7 Å². The number of fused-ring (bicyclic) bond motifs is 1. The lowest BCUT2D eigenvalue weighted by Crippen LogP contribution is -2.10. The van der Waals surface area contributed by atoms with Gasteiger partial charge in [0, 0.05) is 4.47 Å². The van der Waals surface area contributed by atoms with Crippen LogP contribution in [-0.2, 0) is 5.60 Å². The molecule has 2 aliphatic rings. The van der Waals surface area contributed by atoms with E-state index in [9.17, 15) is 9.50 Å². The van der Waals surface area contributed by atoms with Crippen LogP contribution >= 0.6 is 15.9 Å². The third-order valence-corrected chi connectivity index (χ3v) is 4.57. The van der Waals surface area contributed by atoms with Crippen molar-refractivity contribution in [2.75, 3.05) is 0 Å². The van der Waals surface area contributed by atoms with E-state index in [1.807, 2.05) is 6.07 Å². The third kappa shape index (κ3) is 1.45. The van der Waals surface area contributed by atoms with Crippen LogP contribution < -0.4 is 0 Å². The highest BCUT2D eigenvalue weighted by Gasteiger charge is 2.64. The minimum atomic E-state index is -0.749. The van der Waals surface area contributed by atoms with Crippen molar-refractivity contribution in [1.29, 1.82) is 0 Å². The molecule has 1 aromatic carbocycles. The second kappa shape index (κ2) is 3.54. The molecule has 2 atom stereocenters. The first kappa shape index (κ1) is 10.7. The van der Waals surface area contributed by atoms with Crippen molar-refractivity contribution in [3.05, 3.63) is 34.1 Å². The molecule has 2 unspecified atom stereocenters. The summed E-state index contributed by atoms with van der Waals surface area (Å²) in [6.07, 6.45) is 4.55. The van der Waals surface area contributed by atoms with E-state index in [2.05, 4.69) is 15.9 Å². The van der Waals surface area contributed by atoms with Crippen LogP contribution in [0.2, 0.25) is 0 Å². The number of hydrogen-bond acceptors (Lipinski definition) is 1. The average Bonchev–Trinajstić information content (AvgIpc) is 2.86. The van der Waals surface area contributed by atoms with E-state index in [1.165, 1.54) is 25.0 Å². The van der Waals surface area contributed by atoms with Crippen LogP contribution in [0.5, 0.6) is 0 Å². The molecule has 1 aromatic rings. The van der Waals surface area contributed by atoms with Gasteiger partial charge in [0.1, 0.15) is 5.82 Å². The molecule has 2 saturated carbocycles. The Morgan fingerprint density at radius 3 is 2.38 bits per heavy atom. The van der Waals surface area contributed by atoms with Crippen molar-refractivity contribution < 1.29 is 9.50 Å². The lowest BCUT2D eigenvalue weighted by molar-refractivity contribution is 0.117. The Hall–Kier alpha value is -0.410. The molecular weight excluding hydrogens is 271 g/mol. The molecule has 86 valence electrons. The minimum Gasteiger partial charge on any atom is -0.385 e. The highest BCUT2D eigenvalue weighted by Crippen LogP contribution is 2.64. The van der Waals surface area contributed by atoms with Crippen molar-refractivity contribution in [2.24, 2.45) is 11.8 Å². The third-order valence-electron chi connectivity index (χ3n) is 4.11. The predicted molar refractivity (Wildman–Crippen MR) is 63.4 cm³/mol. The number of benzene rings is 1. The van der Waals surface area contributed by atoms with E-state index < -0.39 is 5.60 Å². The number of aliphatic hydroxyl groups is 1. The highest BCUT2D eigenvalue weighted by molar-refractivity contribution is 9.10. The maximum atomic E-state index is 13.3.